The van der Waals surface area contributed by atoms with Crippen molar-refractivity contribution in [1.29, 1.82) is 0 Å². The number of hydrogen-bond acceptors (Lipinski definition) is 0. The molecule has 2 aromatic heterocycles. The molecule has 0 atom stereocenters. The molecule has 0 radical (unpaired) electrons. The Kier molecular flexibility index (Phi) is 3.61. The average Bonchev–Trinajstić information content (AvgIpc) is 2.74. The second kappa shape index (κ2) is 4.73. The summed E-state index contributed by atoms with van der Waals surface area (Å²) in [5.41, 5.74) is 0. The SMILES string of the molecule is c1ccp([Se][Se]p2cccc2)c1. The third kappa shape index (κ3) is 2.54. The molecule has 2 aromatic rings. The van der Waals surface area contributed by atoms with Gasteiger partial charge in [0.15, 0.2) is 0 Å². The maximum atomic E-state index is 2.40. The molecular formula is C8H8P2Se2. The van der Waals surface area contributed by atoms with Crippen LogP contribution in [0.2, 0.25) is 0 Å². The zero-order chi connectivity index (χ0) is 8.23. The van der Waals surface area contributed by atoms with Gasteiger partial charge in [-0.2, -0.15) is 0 Å². The zero-order valence-corrected chi connectivity index (χ0v) is 11.5. The van der Waals surface area contributed by atoms with Gasteiger partial charge < -0.3 is 0 Å². The van der Waals surface area contributed by atoms with Gasteiger partial charge in [-0.05, 0) is 0 Å². The summed E-state index contributed by atoms with van der Waals surface area (Å²) < 4.78 is 0. The van der Waals surface area contributed by atoms with Crippen molar-refractivity contribution in [3.8, 4) is 0 Å². The molecule has 0 amide bonds. The van der Waals surface area contributed by atoms with Crippen molar-refractivity contribution in [2.24, 2.45) is 0 Å². The van der Waals surface area contributed by atoms with Crippen molar-refractivity contribution < 1.29 is 0 Å². The van der Waals surface area contributed by atoms with Crippen LogP contribution in [0, 0.1) is 0 Å². The van der Waals surface area contributed by atoms with Crippen molar-refractivity contribution in [3.63, 3.8) is 0 Å². The van der Waals surface area contributed by atoms with Gasteiger partial charge in [-0.15, -0.1) is 0 Å². The minimum absolute atomic E-state index is 0.216. The van der Waals surface area contributed by atoms with Gasteiger partial charge >= 0.3 is 85.3 Å². The van der Waals surface area contributed by atoms with E-state index in [-0.39, 0.29) is 12.4 Å². The van der Waals surface area contributed by atoms with E-state index in [0.717, 1.165) is 25.4 Å². The van der Waals surface area contributed by atoms with Crippen molar-refractivity contribution in [1.82, 2.24) is 0 Å². The Hall–Kier alpha value is 0.599. The number of hydrogen-bond donors (Lipinski definition) is 0. The molecule has 0 saturated heterocycles. The van der Waals surface area contributed by atoms with Crippen molar-refractivity contribution in [2.75, 3.05) is 0 Å². The third-order valence-electron chi connectivity index (χ3n) is 1.36. The second-order valence-corrected chi connectivity index (χ2v) is 22.1. The van der Waals surface area contributed by atoms with E-state index in [0.29, 0.717) is 0 Å². The molecule has 0 fully saturated rings. The molecule has 0 nitrogen and oxygen atoms in total. The zero-order valence-electron chi connectivity index (χ0n) is 6.33. The number of rotatable bonds is 3. The van der Waals surface area contributed by atoms with Gasteiger partial charge in [-0.25, -0.2) is 0 Å². The Morgan fingerprint density at radius 2 is 0.917 bits per heavy atom. The Morgan fingerprint density at radius 1 is 0.583 bits per heavy atom. The molecule has 2 rings (SSSR count). The summed E-state index contributed by atoms with van der Waals surface area (Å²) in [6.45, 7) is 0. The molecule has 0 aliphatic heterocycles. The first-order valence-electron chi connectivity index (χ1n) is 3.56. The van der Waals surface area contributed by atoms with Crippen LogP contribution in [0.25, 0.3) is 0 Å². The second-order valence-electron chi connectivity index (χ2n) is 2.23. The summed E-state index contributed by atoms with van der Waals surface area (Å²) in [5, 5.41) is 0. The summed E-state index contributed by atoms with van der Waals surface area (Å²) in [7, 11) is 0. The molecule has 2 heterocycles. The summed E-state index contributed by atoms with van der Waals surface area (Å²) in [6, 6.07) is 8.82. The van der Waals surface area contributed by atoms with Crippen molar-refractivity contribution in [2.45, 2.75) is 0 Å². The summed E-state index contributed by atoms with van der Waals surface area (Å²) in [5.74, 6) is 9.59. The van der Waals surface area contributed by atoms with Gasteiger partial charge in [-0.3, -0.25) is 0 Å². The van der Waals surface area contributed by atoms with Crippen LogP contribution in [0.15, 0.2) is 47.5 Å². The van der Waals surface area contributed by atoms with E-state index in [1.54, 1.807) is 0 Å². The fraction of sp³-hybridized carbons (Fsp3) is 0. The van der Waals surface area contributed by atoms with Crippen LogP contribution in [0.5, 0.6) is 0 Å². The van der Waals surface area contributed by atoms with Crippen LogP contribution >= 0.6 is 12.4 Å². The molecule has 0 aliphatic carbocycles. The summed E-state index contributed by atoms with van der Waals surface area (Å²) in [4.78, 5) is 0. The maximum absolute atomic E-state index is 2.40. The summed E-state index contributed by atoms with van der Waals surface area (Å²) in [6.07, 6.45) is 0.433. The Labute approximate surface area is 85.0 Å². The summed E-state index contributed by atoms with van der Waals surface area (Å²) >= 11 is 1.80. The monoisotopic (exact) mass is 326 g/mol. The molecule has 0 N–H and O–H groups in total. The van der Waals surface area contributed by atoms with Gasteiger partial charge in [0.2, 0.25) is 0 Å². The molecule has 0 bridgehead atoms. The van der Waals surface area contributed by atoms with Crippen LogP contribution in [0.1, 0.15) is 0 Å². The van der Waals surface area contributed by atoms with Crippen LogP contribution in [-0.2, 0) is 0 Å². The molecular weight excluding hydrogens is 316 g/mol. The average molecular weight is 324 g/mol. The molecule has 0 spiro atoms. The molecule has 0 aliphatic rings. The van der Waals surface area contributed by atoms with E-state index in [1.807, 2.05) is 0 Å². The molecule has 0 aromatic carbocycles. The first-order chi connectivity index (χ1) is 5.95. The van der Waals surface area contributed by atoms with Gasteiger partial charge in [0.25, 0.3) is 0 Å². The van der Waals surface area contributed by atoms with Gasteiger partial charge in [0, 0.05) is 0 Å². The molecule has 0 unspecified atom stereocenters. The van der Waals surface area contributed by atoms with E-state index < -0.39 is 0 Å². The Balaban J connectivity index is 1.91. The van der Waals surface area contributed by atoms with Crippen LogP contribution in [-0.4, -0.2) is 25.4 Å². The van der Waals surface area contributed by atoms with Crippen LogP contribution < -0.4 is 0 Å². The third-order valence-corrected chi connectivity index (χ3v) is 28.1. The predicted molar refractivity (Wildman–Crippen MR) is 60.6 cm³/mol. The van der Waals surface area contributed by atoms with Crippen LogP contribution in [0.4, 0.5) is 0 Å². The fourth-order valence-electron chi connectivity index (χ4n) is 0.814. The van der Waals surface area contributed by atoms with E-state index in [1.165, 1.54) is 0 Å². The van der Waals surface area contributed by atoms with Crippen LogP contribution in [0.3, 0.4) is 0 Å². The Bertz CT molecular complexity index is 278. The van der Waals surface area contributed by atoms with Crippen molar-refractivity contribution >= 4 is 37.8 Å². The quantitative estimate of drug-likeness (QED) is 0.761. The standard InChI is InChI=1S/C8H8P2Se2/c1-2-6-9(5-1)11-12-10-7-3-4-8-10/h1-8H. The van der Waals surface area contributed by atoms with E-state index in [4.69, 9.17) is 0 Å². The van der Waals surface area contributed by atoms with E-state index in [9.17, 15) is 0 Å². The molecule has 62 valence electrons. The molecule has 12 heavy (non-hydrogen) atoms. The Morgan fingerprint density at radius 3 is 1.25 bits per heavy atom. The van der Waals surface area contributed by atoms with Gasteiger partial charge in [-0.1, -0.05) is 0 Å². The van der Waals surface area contributed by atoms with Crippen molar-refractivity contribution in [3.05, 3.63) is 47.5 Å². The first kappa shape index (κ1) is 9.17. The predicted octanol–water partition coefficient (Wildman–Crippen LogP) is 3.21. The molecule has 4 heteroatoms. The first-order valence-corrected chi connectivity index (χ1v) is 15.3. The van der Waals surface area contributed by atoms with E-state index in [2.05, 4.69) is 47.5 Å². The normalized spacial score (nSPS) is 10.3. The topological polar surface area (TPSA) is 0 Å². The molecule has 0 saturated carbocycles. The van der Waals surface area contributed by atoms with Gasteiger partial charge in [0.1, 0.15) is 0 Å². The fourth-order valence-corrected chi connectivity index (χ4v) is 30.4. The minimum atomic E-state index is 0.216. The van der Waals surface area contributed by atoms with E-state index >= 15 is 0 Å². The van der Waals surface area contributed by atoms with Gasteiger partial charge in [0.05, 0.1) is 0 Å².